The SMILES string of the molecule is CC#Cc1cc2c(Cc3ccc(F)c(C(=O)N4CCN(c5ccc(C#N)cn5)CC4)c3)n[nH]c(=O)c2cc1C. The molecule has 1 N–H and O–H groups in total. The van der Waals surface area contributed by atoms with E-state index >= 15 is 0 Å². The van der Waals surface area contributed by atoms with Crippen LogP contribution in [0.1, 0.15) is 45.2 Å². The fraction of sp³-hybridized carbons (Fsp3) is 0.233. The van der Waals surface area contributed by atoms with Gasteiger partial charge in [0, 0.05) is 49.7 Å². The molecule has 0 radical (unpaired) electrons. The number of hydrogen-bond acceptors (Lipinski definition) is 6. The number of carbonyl (C=O) groups is 1. The predicted octanol–water partition coefficient (Wildman–Crippen LogP) is 3.56. The maximum absolute atomic E-state index is 14.8. The Labute approximate surface area is 224 Å². The van der Waals surface area contributed by atoms with Gasteiger partial charge < -0.3 is 9.80 Å². The number of fused-ring (bicyclic) bond motifs is 1. The summed E-state index contributed by atoms with van der Waals surface area (Å²) in [6, 6.07) is 13.7. The molecule has 4 aromatic rings. The lowest BCUT2D eigenvalue weighted by Crippen LogP contribution is -2.49. The molecule has 8 nitrogen and oxygen atoms in total. The van der Waals surface area contributed by atoms with E-state index in [0.29, 0.717) is 60.2 Å². The number of halogens is 1. The maximum Gasteiger partial charge on any atom is 0.272 e. The first kappa shape index (κ1) is 25.6. The summed E-state index contributed by atoms with van der Waals surface area (Å²) >= 11 is 0. The van der Waals surface area contributed by atoms with Gasteiger partial charge in [-0.3, -0.25) is 9.59 Å². The summed E-state index contributed by atoms with van der Waals surface area (Å²) in [6.45, 7) is 5.57. The number of aromatic amines is 1. The number of nitriles is 1. The topological polar surface area (TPSA) is 106 Å². The van der Waals surface area contributed by atoms with Crippen LogP contribution in [0.5, 0.6) is 0 Å². The van der Waals surface area contributed by atoms with Crippen molar-refractivity contribution >= 4 is 22.5 Å². The van der Waals surface area contributed by atoms with Crippen LogP contribution < -0.4 is 10.5 Å². The molecule has 1 aliphatic heterocycles. The van der Waals surface area contributed by atoms with Gasteiger partial charge in [-0.1, -0.05) is 12.0 Å². The third-order valence-corrected chi connectivity index (χ3v) is 6.87. The average Bonchev–Trinajstić information content (AvgIpc) is 2.96. The van der Waals surface area contributed by atoms with Gasteiger partial charge >= 0.3 is 0 Å². The summed E-state index contributed by atoms with van der Waals surface area (Å²) in [5, 5.41) is 17.0. The molecule has 2 aromatic heterocycles. The fourth-order valence-electron chi connectivity index (χ4n) is 4.77. The fourth-order valence-corrected chi connectivity index (χ4v) is 4.77. The molecule has 0 aliphatic carbocycles. The Balaban J connectivity index is 1.36. The number of nitrogens with one attached hydrogen (secondary N) is 1. The van der Waals surface area contributed by atoms with E-state index in [4.69, 9.17) is 5.26 Å². The average molecular weight is 521 g/mol. The molecule has 9 heteroatoms. The van der Waals surface area contributed by atoms with Crippen LogP contribution in [-0.2, 0) is 6.42 Å². The van der Waals surface area contributed by atoms with Crippen LogP contribution in [0.25, 0.3) is 10.8 Å². The number of hydrogen-bond donors (Lipinski definition) is 1. The van der Waals surface area contributed by atoms with E-state index in [0.717, 1.165) is 16.9 Å². The lowest BCUT2D eigenvalue weighted by atomic mass is 9.98. The van der Waals surface area contributed by atoms with Crippen LogP contribution in [0.15, 0.2) is 53.5 Å². The van der Waals surface area contributed by atoms with Crippen molar-refractivity contribution in [1.82, 2.24) is 20.1 Å². The number of pyridine rings is 1. The Morgan fingerprint density at radius 1 is 1.10 bits per heavy atom. The lowest BCUT2D eigenvalue weighted by Gasteiger charge is -2.35. The van der Waals surface area contributed by atoms with Crippen molar-refractivity contribution in [3.63, 3.8) is 0 Å². The normalized spacial score (nSPS) is 13.1. The second kappa shape index (κ2) is 10.8. The van der Waals surface area contributed by atoms with Crippen LogP contribution in [0.2, 0.25) is 0 Å². The Morgan fingerprint density at radius 3 is 2.59 bits per heavy atom. The molecule has 1 amide bonds. The molecule has 0 unspecified atom stereocenters. The van der Waals surface area contributed by atoms with E-state index in [1.807, 2.05) is 24.0 Å². The molecular formula is C30H25FN6O2. The highest BCUT2D eigenvalue weighted by Gasteiger charge is 2.25. The van der Waals surface area contributed by atoms with Crippen LogP contribution >= 0.6 is 0 Å². The molecule has 3 heterocycles. The number of aryl methyl sites for hydroxylation is 1. The van der Waals surface area contributed by atoms with Crippen molar-refractivity contribution < 1.29 is 9.18 Å². The summed E-state index contributed by atoms with van der Waals surface area (Å²) in [5.74, 6) is 5.71. The molecule has 0 saturated carbocycles. The number of amides is 1. The highest BCUT2D eigenvalue weighted by atomic mass is 19.1. The highest BCUT2D eigenvalue weighted by molar-refractivity contribution is 5.95. The van der Waals surface area contributed by atoms with Gasteiger partial charge in [0.15, 0.2) is 0 Å². The van der Waals surface area contributed by atoms with Crippen molar-refractivity contribution in [3.8, 4) is 17.9 Å². The van der Waals surface area contributed by atoms with Gasteiger partial charge in [-0.25, -0.2) is 14.5 Å². The van der Waals surface area contributed by atoms with E-state index in [-0.39, 0.29) is 17.0 Å². The minimum absolute atomic E-state index is 0.000406. The van der Waals surface area contributed by atoms with E-state index in [1.165, 1.54) is 12.3 Å². The zero-order valence-corrected chi connectivity index (χ0v) is 21.6. The summed E-state index contributed by atoms with van der Waals surface area (Å²) in [5.41, 5.74) is 3.20. The minimum atomic E-state index is -0.588. The zero-order valence-electron chi connectivity index (χ0n) is 21.6. The molecule has 0 atom stereocenters. The first-order valence-electron chi connectivity index (χ1n) is 12.5. The number of piperazine rings is 1. The van der Waals surface area contributed by atoms with E-state index < -0.39 is 5.82 Å². The largest absolute Gasteiger partial charge is 0.353 e. The Bertz CT molecular complexity index is 1740. The molecule has 194 valence electrons. The number of anilines is 1. The molecule has 2 aromatic carbocycles. The Hall–Kier alpha value is -5.02. The first-order valence-corrected chi connectivity index (χ1v) is 12.5. The molecule has 1 aliphatic rings. The molecule has 0 spiro atoms. The van der Waals surface area contributed by atoms with Crippen LogP contribution in [-0.4, -0.2) is 52.2 Å². The number of rotatable bonds is 4. The van der Waals surface area contributed by atoms with Gasteiger partial charge in [-0.2, -0.15) is 10.4 Å². The third-order valence-electron chi connectivity index (χ3n) is 6.87. The molecule has 5 rings (SSSR count). The summed E-state index contributed by atoms with van der Waals surface area (Å²) < 4.78 is 14.8. The van der Waals surface area contributed by atoms with Gasteiger partial charge in [0.25, 0.3) is 11.5 Å². The Kier molecular flexibility index (Phi) is 7.07. The number of aromatic nitrogens is 3. The van der Waals surface area contributed by atoms with Crippen molar-refractivity contribution in [2.24, 2.45) is 0 Å². The maximum atomic E-state index is 14.8. The third kappa shape index (κ3) is 5.21. The molecule has 39 heavy (non-hydrogen) atoms. The second-order valence-electron chi connectivity index (χ2n) is 9.37. The van der Waals surface area contributed by atoms with Crippen molar-refractivity contribution in [3.05, 3.63) is 98.3 Å². The summed E-state index contributed by atoms with van der Waals surface area (Å²) in [6.07, 6.45) is 1.82. The van der Waals surface area contributed by atoms with Crippen LogP contribution in [0.4, 0.5) is 10.2 Å². The summed E-state index contributed by atoms with van der Waals surface area (Å²) in [4.78, 5) is 33.7. The van der Waals surface area contributed by atoms with Crippen molar-refractivity contribution in [2.45, 2.75) is 20.3 Å². The van der Waals surface area contributed by atoms with Crippen LogP contribution in [0, 0.1) is 35.9 Å². The first-order chi connectivity index (χ1) is 18.9. The van der Waals surface area contributed by atoms with Gasteiger partial charge in [-0.15, -0.1) is 5.92 Å². The second-order valence-corrected chi connectivity index (χ2v) is 9.37. The number of carbonyl (C=O) groups excluding carboxylic acids is 1. The number of benzene rings is 2. The van der Waals surface area contributed by atoms with Gasteiger partial charge in [0.2, 0.25) is 0 Å². The molecule has 1 fully saturated rings. The van der Waals surface area contributed by atoms with Gasteiger partial charge in [0.1, 0.15) is 17.7 Å². The standard InChI is InChI=1S/C30H25FN6O2/c1-3-4-22-16-23-24(13-19(22)2)29(38)35-34-27(23)15-20-5-7-26(31)25(14-20)30(39)37-11-9-36(10-12-37)28-8-6-21(17-32)18-33-28/h5-8,13-14,16,18H,9-12,15H2,1-2H3,(H,35,38). The minimum Gasteiger partial charge on any atom is -0.353 e. The van der Waals surface area contributed by atoms with Gasteiger partial charge in [0.05, 0.1) is 22.2 Å². The number of H-pyrrole nitrogens is 1. The predicted molar refractivity (Wildman–Crippen MR) is 146 cm³/mol. The van der Waals surface area contributed by atoms with Crippen molar-refractivity contribution in [2.75, 3.05) is 31.1 Å². The monoisotopic (exact) mass is 520 g/mol. The van der Waals surface area contributed by atoms with Crippen LogP contribution in [0.3, 0.4) is 0 Å². The van der Waals surface area contributed by atoms with Gasteiger partial charge in [-0.05, 0) is 61.4 Å². The van der Waals surface area contributed by atoms with E-state index in [2.05, 4.69) is 27.0 Å². The van der Waals surface area contributed by atoms with E-state index in [1.54, 1.807) is 42.2 Å². The van der Waals surface area contributed by atoms with Crippen molar-refractivity contribution in [1.29, 1.82) is 5.26 Å². The molecule has 0 bridgehead atoms. The summed E-state index contributed by atoms with van der Waals surface area (Å²) in [7, 11) is 0. The smallest absolute Gasteiger partial charge is 0.272 e. The van der Waals surface area contributed by atoms with E-state index in [9.17, 15) is 14.0 Å². The molecular weight excluding hydrogens is 495 g/mol. The number of nitrogens with zero attached hydrogens (tertiary/aromatic N) is 5. The highest BCUT2D eigenvalue weighted by Crippen LogP contribution is 2.23. The molecule has 1 saturated heterocycles. The quantitative estimate of drug-likeness (QED) is 0.413. The Morgan fingerprint density at radius 2 is 1.90 bits per heavy atom. The zero-order chi connectivity index (χ0) is 27.5. The lowest BCUT2D eigenvalue weighted by molar-refractivity contribution is 0.0741.